The lowest BCUT2D eigenvalue weighted by molar-refractivity contribution is -0.139. The van der Waals surface area contributed by atoms with Gasteiger partial charge < -0.3 is 15.1 Å². The minimum Gasteiger partial charge on any atom is -0.336 e. The number of amides is 1. The van der Waals surface area contributed by atoms with Crippen LogP contribution in [0.2, 0.25) is 0 Å². The van der Waals surface area contributed by atoms with Gasteiger partial charge in [0.05, 0.1) is 6.04 Å². The average molecular weight is 297 g/mol. The summed E-state index contributed by atoms with van der Waals surface area (Å²) in [5.74, 6) is 0.275. The molecular formula is C17H35N3O. The minimum absolute atomic E-state index is 0.0651. The van der Waals surface area contributed by atoms with Crippen LogP contribution in [0.1, 0.15) is 60.3 Å². The molecule has 0 unspecified atom stereocenters. The molecule has 0 spiro atoms. The summed E-state index contributed by atoms with van der Waals surface area (Å²) in [5.41, 5.74) is 0. The van der Waals surface area contributed by atoms with E-state index < -0.39 is 0 Å². The molecule has 0 aliphatic carbocycles. The zero-order valence-electron chi connectivity index (χ0n) is 14.7. The fourth-order valence-electron chi connectivity index (χ4n) is 3.33. The van der Waals surface area contributed by atoms with Crippen LogP contribution in [0, 0.1) is 0 Å². The van der Waals surface area contributed by atoms with Gasteiger partial charge in [0, 0.05) is 12.1 Å². The number of hydrogen-bond acceptors (Lipinski definition) is 3. The number of likely N-dealkylation sites (tertiary alicyclic amines) is 1. The summed E-state index contributed by atoms with van der Waals surface area (Å²) >= 11 is 0. The Hall–Kier alpha value is -0.610. The maximum Gasteiger partial charge on any atom is 0.239 e. The molecule has 1 saturated heterocycles. The Morgan fingerprint density at radius 2 is 1.81 bits per heavy atom. The Morgan fingerprint density at radius 1 is 1.24 bits per heavy atom. The SMILES string of the molecule is CCN(CC)CCCN[C@H](C)C(=O)N1[C@H](C)CCC[C@H]1C. The van der Waals surface area contributed by atoms with Crippen molar-refractivity contribution in [3.05, 3.63) is 0 Å². The standard InChI is InChI=1S/C17H35N3O/c1-6-19(7-2)13-9-12-18-16(5)17(21)20-14(3)10-8-11-15(20)4/h14-16,18H,6-13H2,1-5H3/t14-,15-,16-/m1/s1. The lowest BCUT2D eigenvalue weighted by atomic mass is 9.96. The summed E-state index contributed by atoms with van der Waals surface area (Å²) < 4.78 is 0. The van der Waals surface area contributed by atoms with Crippen LogP contribution in [0.3, 0.4) is 0 Å². The van der Waals surface area contributed by atoms with Gasteiger partial charge in [0.15, 0.2) is 0 Å². The number of carbonyl (C=O) groups is 1. The van der Waals surface area contributed by atoms with Crippen molar-refractivity contribution in [2.75, 3.05) is 26.2 Å². The quantitative estimate of drug-likeness (QED) is 0.699. The Labute approximate surface area is 131 Å². The first-order chi connectivity index (χ1) is 10.0. The second-order valence-electron chi connectivity index (χ2n) is 6.43. The molecule has 1 heterocycles. The van der Waals surface area contributed by atoms with E-state index in [0.717, 1.165) is 45.4 Å². The molecule has 0 aromatic carbocycles. The van der Waals surface area contributed by atoms with Gasteiger partial charge in [-0.1, -0.05) is 13.8 Å². The van der Waals surface area contributed by atoms with E-state index in [4.69, 9.17) is 0 Å². The third-order valence-corrected chi connectivity index (χ3v) is 4.81. The van der Waals surface area contributed by atoms with Crippen LogP contribution < -0.4 is 5.32 Å². The van der Waals surface area contributed by atoms with E-state index in [9.17, 15) is 4.79 Å². The lowest BCUT2D eigenvalue weighted by Gasteiger charge is -2.40. The van der Waals surface area contributed by atoms with Crippen LogP contribution in [-0.4, -0.2) is 60.0 Å². The van der Waals surface area contributed by atoms with Crippen molar-refractivity contribution < 1.29 is 4.79 Å². The minimum atomic E-state index is -0.0651. The Balaban J connectivity index is 2.33. The molecule has 0 radical (unpaired) electrons. The van der Waals surface area contributed by atoms with E-state index in [1.54, 1.807) is 0 Å². The zero-order chi connectivity index (χ0) is 15.8. The molecule has 1 rings (SSSR count). The highest BCUT2D eigenvalue weighted by atomic mass is 16.2. The topological polar surface area (TPSA) is 35.6 Å². The molecule has 4 heteroatoms. The van der Waals surface area contributed by atoms with Gasteiger partial charge in [0.25, 0.3) is 0 Å². The van der Waals surface area contributed by atoms with Crippen molar-refractivity contribution in [2.45, 2.75) is 78.4 Å². The molecule has 3 atom stereocenters. The summed E-state index contributed by atoms with van der Waals surface area (Å²) in [6, 6.07) is 0.715. The van der Waals surface area contributed by atoms with Crippen molar-refractivity contribution >= 4 is 5.91 Å². The van der Waals surface area contributed by atoms with Crippen LogP contribution in [0.25, 0.3) is 0 Å². The monoisotopic (exact) mass is 297 g/mol. The van der Waals surface area contributed by atoms with Crippen LogP contribution in [-0.2, 0) is 4.79 Å². The van der Waals surface area contributed by atoms with Crippen molar-refractivity contribution in [1.29, 1.82) is 0 Å². The first-order valence-corrected chi connectivity index (χ1v) is 8.79. The third-order valence-electron chi connectivity index (χ3n) is 4.81. The van der Waals surface area contributed by atoms with Gasteiger partial charge in [-0.15, -0.1) is 0 Å². The van der Waals surface area contributed by atoms with Crippen molar-refractivity contribution in [3.63, 3.8) is 0 Å². The van der Waals surface area contributed by atoms with Crippen molar-refractivity contribution in [2.24, 2.45) is 0 Å². The van der Waals surface area contributed by atoms with Crippen LogP contribution >= 0.6 is 0 Å². The predicted molar refractivity (Wildman–Crippen MR) is 89.5 cm³/mol. The van der Waals surface area contributed by atoms with Gasteiger partial charge in [-0.25, -0.2) is 0 Å². The van der Waals surface area contributed by atoms with E-state index in [1.165, 1.54) is 6.42 Å². The Morgan fingerprint density at radius 3 is 2.33 bits per heavy atom. The highest BCUT2D eigenvalue weighted by Gasteiger charge is 2.31. The number of rotatable bonds is 8. The molecule has 1 aliphatic heterocycles. The normalized spacial score (nSPS) is 24.4. The average Bonchev–Trinajstić information content (AvgIpc) is 2.46. The number of piperidine rings is 1. The molecule has 1 N–H and O–H groups in total. The zero-order valence-corrected chi connectivity index (χ0v) is 14.7. The van der Waals surface area contributed by atoms with E-state index >= 15 is 0 Å². The maximum absolute atomic E-state index is 12.6. The van der Waals surface area contributed by atoms with Gasteiger partial charge in [0.2, 0.25) is 5.91 Å². The van der Waals surface area contributed by atoms with E-state index in [1.807, 2.05) is 6.92 Å². The van der Waals surface area contributed by atoms with Gasteiger partial charge >= 0.3 is 0 Å². The van der Waals surface area contributed by atoms with E-state index in [2.05, 4.69) is 42.8 Å². The molecule has 1 amide bonds. The second kappa shape index (κ2) is 9.42. The number of nitrogens with zero attached hydrogens (tertiary/aromatic N) is 2. The largest absolute Gasteiger partial charge is 0.336 e. The fraction of sp³-hybridized carbons (Fsp3) is 0.941. The van der Waals surface area contributed by atoms with Crippen LogP contribution in [0.5, 0.6) is 0 Å². The van der Waals surface area contributed by atoms with Crippen LogP contribution in [0.15, 0.2) is 0 Å². The Bertz CT molecular complexity index is 294. The molecule has 21 heavy (non-hydrogen) atoms. The summed E-state index contributed by atoms with van der Waals surface area (Å²) in [6.45, 7) is 15.0. The number of hydrogen-bond donors (Lipinski definition) is 1. The summed E-state index contributed by atoms with van der Waals surface area (Å²) in [5, 5.41) is 3.41. The second-order valence-corrected chi connectivity index (χ2v) is 6.43. The first-order valence-electron chi connectivity index (χ1n) is 8.79. The van der Waals surface area contributed by atoms with Gasteiger partial charge in [-0.2, -0.15) is 0 Å². The number of carbonyl (C=O) groups excluding carboxylic acids is 1. The highest BCUT2D eigenvalue weighted by molar-refractivity contribution is 5.82. The molecule has 1 fully saturated rings. The summed E-state index contributed by atoms with van der Waals surface area (Å²) in [6.07, 6.45) is 4.64. The van der Waals surface area contributed by atoms with Gasteiger partial charge in [0.1, 0.15) is 0 Å². The van der Waals surface area contributed by atoms with Crippen LogP contribution in [0.4, 0.5) is 0 Å². The van der Waals surface area contributed by atoms with Crippen molar-refractivity contribution in [3.8, 4) is 0 Å². The smallest absolute Gasteiger partial charge is 0.239 e. The van der Waals surface area contributed by atoms with Gasteiger partial charge in [-0.3, -0.25) is 4.79 Å². The molecule has 0 bridgehead atoms. The van der Waals surface area contributed by atoms with E-state index in [-0.39, 0.29) is 11.9 Å². The molecule has 4 nitrogen and oxygen atoms in total. The van der Waals surface area contributed by atoms with E-state index in [0.29, 0.717) is 12.1 Å². The molecular weight excluding hydrogens is 262 g/mol. The highest BCUT2D eigenvalue weighted by Crippen LogP contribution is 2.23. The Kier molecular flexibility index (Phi) is 8.27. The molecule has 124 valence electrons. The fourth-order valence-corrected chi connectivity index (χ4v) is 3.33. The van der Waals surface area contributed by atoms with Crippen molar-refractivity contribution in [1.82, 2.24) is 15.1 Å². The van der Waals surface area contributed by atoms with Gasteiger partial charge in [-0.05, 0) is 72.6 Å². The third kappa shape index (κ3) is 5.59. The summed E-state index contributed by atoms with van der Waals surface area (Å²) in [7, 11) is 0. The first kappa shape index (κ1) is 18.4. The molecule has 0 saturated carbocycles. The lowest BCUT2D eigenvalue weighted by Crippen LogP contribution is -2.54. The molecule has 0 aromatic heterocycles. The molecule has 1 aliphatic rings. The predicted octanol–water partition coefficient (Wildman–Crippen LogP) is 2.49. The summed E-state index contributed by atoms with van der Waals surface area (Å²) in [4.78, 5) is 17.1. The maximum atomic E-state index is 12.6. The molecule has 0 aromatic rings. The number of nitrogens with one attached hydrogen (secondary N) is 1.